The summed E-state index contributed by atoms with van der Waals surface area (Å²) in [5.74, 6) is 0.599. The number of rotatable bonds is 7. The highest BCUT2D eigenvalue weighted by Crippen LogP contribution is 2.28. The van der Waals surface area contributed by atoms with Gasteiger partial charge in [-0.1, -0.05) is 31.2 Å². The van der Waals surface area contributed by atoms with E-state index in [0.29, 0.717) is 23.7 Å². The number of ether oxygens (including phenoxy) is 2. The molecule has 0 bridgehead atoms. The highest BCUT2D eigenvalue weighted by molar-refractivity contribution is 6.06. The molecule has 0 fully saturated rings. The molecule has 2 aromatic rings. The number of halogens is 1. The summed E-state index contributed by atoms with van der Waals surface area (Å²) in [7, 11) is 1.58. The molecule has 3 nitrogen and oxygen atoms in total. The van der Waals surface area contributed by atoms with Gasteiger partial charge in [0.1, 0.15) is 5.82 Å². The quantitative estimate of drug-likeness (QED) is 0.557. The van der Waals surface area contributed by atoms with Crippen LogP contribution < -0.4 is 9.47 Å². The lowest BCUT2D eigenvalue weighted by Gasteiger charge is -2.10. The van der Waals surface area contributed by atoms with E-state index in [9.17, 15) is 9.18 Å². The average molecular weight is 314 g/mol. The van der Waals surface area contributed by atoms with Crippen LogP contribution in [0.3, 0.4) is 0 Å². The van der Waals surface area contributed by atoms with Crippen molar-refractivity contribution in [3.05, 3.63) is 65.5 Å². The van der Waals surface area contributed by atoms with Crippen molar-refractivity contribution >= 4 is 11.9 Å². The Labute approximate surface area is 135 Å². The van der Waals surface area contributed by atoms with Gasteiger partial charge in [0.05, 0.1) is 13.7 Å². The van der Waals surface area contributed by atoms with Gasteiger partial charge in [0, 0.05) is 5.56 Å². The summed E-state index contributed by atoms with van der Waals surface area (Å²) >= 11 is 0. The van der Waals surface area contributed by atoms with E-state index in [2.05, 4.69) is 0 Å². The lowest BCUT2D eigenvalue weighted by Crippen LogP contribution is -1.98. The Morgan fingerprint density at radius 1 is 1.17 bits per heavy atom. The second kappa shape index (κ2) is 8.13. The van der Waals surface area contributed by atoms with Crippen molar-refractivity contribution in [2.75, 3.05) is 13.7 Å². The second-order valence-corrected chi connectivity index (χ2v) is 4.97. The average Bonchev–Trinajstić information content (AvgIpc) is 2.57. The largest absolute Gasteiger partial charge is 0.493 e. The van der Waals surface area contributed by atoms with Crippen LogP contribution >= 0.6 is 0 Å². The van der Waals surface area contributed by atoms with E-state index < -0.39 is 5.82 Å². The fourth-order valence-electron chi connectivity index (χ4n) is 2.03. The van der Waals surface area contributed by atoms with E-state index in [1.54, 1.807) is 25.3 Å². The smallest absolute Gasteiger partial charge is 0.185 e. The number of hydrogen-bond donors (Lipinski definition) is 0. The summed E-state index contributed by atoms with van der Waals surface area (Å²) in [5.41, 5.74) is 1.12. The van der Waals surface area contributed by atoms with Crippen LogP contribution in [0.5, 0.6) is 11.5 Å². The zero-order chi connectivity index (χ0) is 16.7. The maximum atomic E-state index is 13.1. The Kier molecular flexibility index (Phi) is 5.92. The molecule has 0 aliphatic rings. The molecule has 0 aliphatic carbocycles. The van der Waals surface area contributed by atoms with Gasteiger partial charge in [-0.2, -0.15) is 0 Å². The van der Waals surface area contributed by atoms with Gasteiger partial charge >= 0.3 is 0 Å². The van der Waals surface area contributed by atoms with Crippen LogP contribution in [0.15, 0.2) is 48.5 Å². The number of carbonyl (C=O) groups is 1. The van der Waals surface area contributed by atoms with E-state index in [1.165, 1.54) is 24.3 Å². The molecule has 0 heterocycles. The molecule has 0 amide bonds. The van der Waals surface area contributed by atoms with Gasteiger partial charge in [-0.05, 0) is 42.3 Å². The molecule has 2 rings (SSSR count). The molecule has 4 heteroatoms. The highest BCUT2D eigenvalue weighted by Gasteiger charge is 2.06. The fraction of sp³-hybridized carbons (Fsp3) is 0.211. The summed E-state index contributed by atoms with van der Waals surface area (Å²) in [6, 6.07) is 11.0. The molecule has 0 spiro atoms. The highest BCUT2D eigenvalue weighted by atomic mass is 19.1. The molecule has 0 saturated heterocycles. The molecule has 0 N–H and O–H groups in total. The van der Waals surface area contributed by atoms with Crippen molar-refractivity contribution in [1.82, 2.24) is 0 Å². The first kappa shape index (κ1) is 16.7. The number of allylic oxidation sites excluding steroid dienone is 1. The molecule has 2 aromatic carbocycles. The molecule has 0 radical (unpaired) electrons. The predicted octanol–water partition coefficient (Wildman–Crippen LogP) is 4.52. The minimum atomic E-state index is -0.427. The Bertz CT molecular complexity index is 708. The first-order valence-electron chi connectivity index (χ1n) is 7.43. The van der Waals surface area contributed by atoms with Crippen LogP contribution in [0.2, 0.25) is 0 Å². The van der Waals surface area contributed by atoms with Gasteiger partial charge in [0.2, 0.25) is 0 Å². The minimum Gasteiger partial charge on any atom is -0.493 e. The Morgan fingerprint density at radius 3 is 2.70 bits per heavy atom. The third-order valence-corrected chi connectivity index (χ3v) is 3.19. The van der Waals surface area contributed by atoms with Crippen molar-refractivity contribution in [1.29, 1.82) is 0 Å². The van der Waals surface area contributed by atoms with Gasteiger partial charge in [-0.15, -0.1) is 0 Å². The molecule has 23 heavy (non-hydrogen) atoms. The van der Waals surface area contributed by atoms with Crippen molar-refractivity contribution in [3.63, 3.8) is 0 Å². The van der Waals surface area contributed by atoms with Crippen LogP contribution in [0.4, 0.5) is 4.39 Å². The number of ketones is 1. The zero-order valence-electron chi connectivity index (χ0n) is 13.2. The molecular formula is C19H19FO3. The monoisotopic (exact) mass is 314 g/mol. The van der Waals surface area contributed by atoms with Crippen molar-refractivity contribution < 1.29 is 18.7 Å². The lowest BCUT2D eigenvalue weighted by atomic mass is 10.1. The third kappa shape index (κ3) is 4.68. The van der Waals surface area contributed by atoms with Gasteiger partial charge in [0.25, 0.3) is 0 Å². The second-order valence-electron chi connectivity index (χ2n) is 4.97. The molecule has 120 valence electrons. The first-order chi connectivity index (χ1) is 11.1. The maximum Gasteiger partial charge on any atom is 0.185 e. The van der Waals surface area contributed by atoms with Gasteiger partial charge < -0.3 is 9.47 Å². The van der Waals surface area contributed by atoms with Crippen LogP contribution in [0.25, 0.3) is 6.08 Å². The van der Waals surface area contributed by atoms with Gasteiger partial charge in [0.15, 0.2) is 17.3 Å². The van der Waals surface area contributed by atoms with E-state index in [1.807, 2.05) is 19.1 Å². The normalized spacial score (nSPS) is 10.7. The van der Waals surface area contributed by atoms with Crippen LogP contribution in [-0.2, 0) is 0 Å². The van der Waals surface area contributed by atoms with Crippen LogP contribution in [-0.4, -0.2) is 19.5 Å². The number of hydrogen-bond acceptors (Lipinski definition) is 3. The minimum absolute atomic E-state index is 0.253. The number of carbonyl (C=O) groups excluding carboxylic acids is 1. The Hall–Kier alpha value is -2.62. The standard InChI is InChI=1S/C19H19FO3/c1-3-11-23-19-12-14(8-10-18(19)22-2)7-9-17(21)15-5-4-6-16(20)13-15/h4-10,12-13H,3,11H2,1-2H3/b9-7+. The summed E-state index contributed by atoms with van der Waals surface area (Å²) in [5, 5.41) is 0. The molecule has 0 atom stereocenters. The zero-order valence-corrected chi connectivity index (χ0v) is 13.2. The topological polar surface area (TPSA) is 35.5 Å². The Balaban J connectivity index is 2.17. The van der Waals surface area contributed by atoms with Gasteiger partial charge in [-0.25, -0.2) is 4.39 Å². The van der Waals surface area contributed by atoms with Crippen molar-refractivity contribution in [3.8, 4) is 11.5 Å². The lowest BCUT2D eigenvalue weighted by molar-refractivity contribution is 0.104. The number of benzene rings is 2. The summed E-state index contributed by atoms with van der Waals surface area (Å²) in [6.45, 7) is 2.61. The van der Waals surface area contributed by atoms with E-state index in [4.69, 9.17) is 9.47 Å². The van der Waals surface area contributed by atoms with Crippen LogP contribution in [0.1, 0.15) is 29.3 Å². The van der Waals surface area contributed by atoms with Crippen molar-refractivity contribution in [2.45, 2.75) is 13.3 Å². The summed E-state index contributed by atoms with van der Waals surface area (Å²) in [4.78, 5) is 12.0. The Morgan fingerprint density at radius 2 is 2.00 bits per heavy atom. The maximum absolute atomic E-state index is 13.1. The van der Waals surface area contributed by atoms with E-state index in [-0.39, 0.29) is 5.78 Å². The summed E-state index contributed by atoms with van der Waals surface area (Å²) in [6.07, 6.45) is 3.98. The van der Waals surface area contributed by atoms with E-state index >= 15 is 0 Å². The SMILES string of the molecule is CCCOc1cc(/C=C/C(=O)c2cccc(F)c2)ccc1OC. The predicted molar refractivity (Wildman–Crippen MR) is 88.5 cm³/mol. The fourth-order valence-corrected chi connectivity index (χ4v) is 2.03. The van der Waals surface area contributed by atoms with E-state index in [0.717, 1.165) is 12.0 Å². The molecule has 0 unspecified atom stereocenters. The molecule has 0 aliphatic heterocycles. The van der Waals surface area contributed by atoms with Crippen molar-refractivity contribution in [2.24, 2.45) is 0 Å². The molecular weight excluding hydrogens is 295 g/mol. The molecule has 0 saturated carbocycles. The third-order valence-electron chi connectivity index (χ3n) is 3.19. The van der Waals surface area contributed by atoms with Crippen LogP contribution in [0, 0.1) is 5.82 Å². The van der Waals surface area contributed by atoms with Gasteiger partial charge in [-0.3, -0.25) is 4.79 Å². The first-order valence-corrected chi connectivity index (χ1v) is 7.43. The summed E-state index contributed by atoms with van der Waals surface area (Å²) < 4.78 is 24.0. The molecule has 0 aromatic heterocycles. The number of methoxy groups -OCH3 is 1.